The van der Waals surface area contributed by atoms with E-state index in [-0.39, 0.29) is 23.8 Å². The monoisotopic (exact) mass is 259 g/mol. The molecular formula is C14H13NO4. The molecule has 3 N–H and O–H groups in total. The number of benzene rings is 2. The lowest BCUT2D eigenvalue weighted by Gasteiger charge is -2.06. The number of phenolic OH excluding ortho intramolecular Hbond substituents is 3. The standard InChI is InChI=1S/C14H13NO4/c16-12-4-2-1-3-11(12)9-15(19)8-10-5-6-13(17)14(18)7-10/h1-7,9,16-18H,8H2/b15-9-. The van der Waals surface area contributed by atoms with E-state index in [4.69, 9.17) is 5.11 Å². The summed E-state index contributed by atoms with van der Waals surface area (Å²) < 4.78 is 0.640. The van der Waals surface area contributed by atoms with Gasteiger partial charge in [-0.25, -0.2) is 4.74 Å². The minimum absolute atomic E-state index is 0.00216. The lowest BCUT2D eigenvalue weighted by atomic mass is 10.2. The maximum absolute atomic E-state index is 11.7. The summed E-state index contributed by atoms with van der Waals surface area (Å²) in [6, 6.07) is 10.7. The predicted octanol–water partition coefficient (Wildman–Crippen LogP) is 1.93. The molecule has 5 heteroatoms. The molecule has 0 aliphatic rings. The second-order valence-corrected chi connectivity index (χ2v) is 4.09. The van der Waals surface area contributed by atoms with Crippen LogP contribution in [0, 0.1) is 5.21 Å². The number of hydrogen-bond acceptors (Lipinski definition) is 4. The number of phenols is 3. The summed E-state index contributed by atoms with van der Waals surface area (Å²) >= 11 is 0. The Labute approximate surface area is 109 Å². The van der Waals surface area contributed by atoms with Crippen LogP contribution < -0.4 is 0 Å². The van der Waals surface area contributed by atoms with Crippen LogP contribution in [0.25, 0.3) is 0 Å². The Hall–Kier alpha value is -2.69. The molecule has 0 heterocycles. The molecule has 2 aromatic rings. The van der Waals surface area contributed by atoms with Crippen LogP contribution in [0.15, 0.2) is 42.5 Å². The van der Waals surface area contributed by atoms with Gasteiger partial charge < -0.3 is 20.5 Å². The first-order valence-electron chi connectivity index (χ1n) is 5.64. The van der Waals surface area contributed by atoms with Crippen molar-refractivity contribution in [1.29, 1.82) is 0 Å². The minimum Gasteiger partial charge on any atom is -0.624 e. The van der Waals surface area contributed by atoms with Gasteiger partial charge in [0.15, 0.2) is 24.3 Å². The fourth-order valence-corrected chi connectivity index (χ4v) is 1.64. The third-order valence-corrected chi connectivity index (χ3v) is 2.60. The van der Waals surface area contributed by atoms with E-state index in [1.54, 1.807) is 24.3 Å². The second-order valence-electron chi connectivity index (χ2n) is 4.09. The van der Waals surface area contributed by atoms with Gasteiger partial charge in [-0.15, -0.1) is 0 Å². The molecule has 0 spiro atoms. The number of hydroxylamine groups is 1. The molecule has 2 aromatic carbocycles. The van der Waals surface area contributed by atoms with E-state index in [1.165, 1.54) is 24.4 Å². The maximum Gasteiger partial charge on any atom is 0.185 e. The molecule has 2 rings (SSSR count). The molecule has 0 atom stereocenters. The number of aromatic hydroxyl groups is 3. The lowest BCUT2D eigenvalue weighted by Crippen LogP contribution is -2.05. The SMILES string of the molecule is [O-]/[N+](=C\c1ccccc1O)Cc1ccc(O)c(O)c1. The van der Waals surface area contributed by atoms with Crippen LogP contribution in [0.3, 0.4) is 0 Å². The Kier molecular flexibility index (Phi) is 3.56. The van der Waals surface area contributed by atoms with Crippen LogP contribution in [-0.2, 0) is 6.54 Å². The molecule has 0 aromatic heterocycles. The molecule has 0 aliphatic heterocycles. The largest absolute Gasteiger partial charge is 0.624 e. The Morgan fingerprint density at radius 1 is 0.947 bits per heavy atom. The van der Waals surface area contributed by atoms with Crippen LogP contribution in [0.4, 0.5) is 0 Å². The van der Waals surface area contributed by atoms with Gasteiger partial charge in [-0.1, -0.05) is 12.1 Å². The van der Waals surface area contributed by atoms with E-state index in [2.05, 4.69) is 0 Å². The number of nitrogens with zero attached hydrogens (tertiary/aromatic N) is 1. The van der Waals surface area contributed by atoms with Crippen molar-refractivity contribution in [3.05, 3.63) is 58.8 Å². The van der Waals surface area contributed by atoms with E-state index in [9.17, 15) is 15.4 Å². The summed E-state index contributed by atoms with van der Waals surface area (Å²) in [6.07, 6.45) is 1.26. The molecule has 0 fully saturated rings. The molecule has 0 aliphatic carbocycles. The molecule has 0 amide bonds. The zero-order valence-corrected chi connectivity index (χ0v) is 10.0. The second kappa shape index (κ2) is 5.30. The van der Waals surface area contributed by atoms with Crippen molar-refractivity contribution in [2.75, 3.05) is 0 Å². The van der Waals surface area contributed by atoms with Crippen molar-refractivity contribution in [1.82, 2.24) is 0 Å². The molecular weight excluding hydrogens is 246 g/mol. The van der Waals surface area contributed by atoms with Crippen LogP contribution in [0.2, 0.25) is 0 Å². The van der Waals surface area contributed by atoms with Crippen molar-refractivity contribution in [3.8, 4) is 17.2 Å². The summed E-state index contributed by atoms with van der Waals surface area (Å²) in [4.78, 5) is 0. The van der Waals surface area contributed by atoms with Gasteiger partial charge in [-0.2, -0.15) is 0 Å². The highest BCUT2D eigenvalue weighted by Gasteiger charge is 2.05. The first-order valence-corrected chi connectivity index (χ1v) is 5.64. The maximum atomic E-state index is 11.7. The number of para-hydroxylation sites is 1. The Morgan fingerprint density at radius 3 is 2.37 bits per heavy atom. The molecule has 0 saturated carbocycles. The summed E-state index contributed by atoms with van der Waals surface area (Å²) in [5.41, 5.74) is 0.970. The first-order chi connectivity index (χ1) is 9.06. The highest BCUT2D eigenvalue weighted by molar-refractivity contribution is 5.79. The average Bonchev–Trinajstić information content (AvgIpc) is 2.37. The average molecular weight is 259 g/mol. The Bertz CT molecular complexity index is 623. The molecule has 98 valence electrons. The van der Waals surface area contributed by atoms with Gasteiger partial charge in [0.1, 0.15) is 5.75 Å². The van der Waals surface area contributed by atoms with Crippen LogP contribution in [0.1, 0.15) is 11.1 Å². The van der Waals surface area contributed by atoms with Crippen LogP contribution >= 0.6 is 0 Å². The van der Waals surface area contributed by atoms with Crippen LogP contribution in [0.5, 0.6) is 17.2 Å². The van der Waals surface area contributed by atoms with E-state index in [0.717, 1.165) is 0 Å². The molecule has 0 radical (unpaired) electrons. The predicted molar refractivity (Wildman–Crippen MR) is 70.4 cm³/mol. The Balaban J connectivity index is 2.19. The zero-order chi connectivity index (χ0) is 13.8. The van der Waals surface area contributed by atoms with E-state index in [0.29, 0.717) is 15.9 Å². The van der Waals surface area contributed by atoms with Gasteiger partial charge in [0.25, 0.3) is 0 Å². The molecule has 0 saturated heterocycles. The fourth-order valence-electron chi connectivity index (χ4n) is 1.64. The minimum atomic E-state index is -0.270. The first kappa shape index (κ1) is 12.8. The van der Waals surface area contributed by atoms with Gasteiger partial charge in [0.2, 0.25) is 0 Å². The highest BCUT2D eigenvalue weighted by atomic mass is 16.5. The fraction of sp³-hybridized carbons (Fsp3) is 0.0714. The summed E-state index contributed by atoms with van der Waals surface area (Å²) in [5, 5.41) is 39.8. The van der Waals surface area contributed by atoms with Gasteiger partial charge in [0, 0.05) is 5.56 Å². The third-order valence-electron chi connectivity index (χ3n) is 2.60. The van der Waals surface area contributed by atoms with Crippen molar-refractivity contribution >= 4 is 6.21 Å². The molecule has 5 nitrogen and oxygen atoms in total. The highest BCUT2D eigenvalue weighted by Crippen LogP contribution is 2.25. The molecule has 0 bridgehead atoms. The zero-order valence-electron chi connectivity index (χ0n) is 10.0. The van der Waals surface area contributed by atoms with Crippen LogP contribution in [-0.4, -0.2) is 26.3 Å². The summed E-state index contributed by atoms with van der Waals surface area (Å²) in [7, 11) is 0. The van der Waals surface area contributed by atoms with Gasteiger partial charge >= 0.3 is 0 Å². The van der Waals surface area contributed by atoms with E-state index >= 15 is 0 Å². The third kappa shape index (κ3) is 3.16. The van der Waals surface area contributed by atoms with Crippen molar-refractivity contribution in [2.24, 2.45) is 0 Å². The lowest BCUT2D eigenvalue weighted by molar-refractivity contribution is -0.469. The number of hydrogen-bond donors (Lipinski definition) is 3. The van der Waals surface area contributed by atoms with Gasteiger partial charge in [-0.05, 0) is 30.3 Å². The normalized spacial score (nSPS) is 11.5. The quantitative estimate of drug-likeness (QED) is 0.258. The summed E-state index contributed by atoms with van der Waals surface area (Å²) in [6.45, 7) is 0.00216. The molecule has 19 heavy (non-hydrogen) atoms. The Morgan fingerprint density at radius 2 is 1.68 bits per heavy atom. The summed E-state index contributed by atoms with van der Waals surface area (Å²) in [5.74, 6) is -0.476. The van der Waals surface area contributed by atoms with Gasteiger partial charge in [0.05, 0.1) is 5.56 Å². The topological polar surface area (TPSA) is 86.8 Å². The molecule has 0 unspecified atom stereocenters. The number of rotatable bonds is 3. The smallest absolute Gasteiger partial charge is 0.185 e. The van der Waals surface area contributed by atoms with E-state index in [1.807, 2.05) is 0 Å². The van der Waals surface area contributed by atoms with Crippen molar-refractivity contribution in [3.63, 3.8) is 0 Å². The van der Waals surface area contributed by atoms with Crippen molar-refractivity contribution < 1.29 is 20.1 Å². The van der Waals surface area contributed by atoms with E-state index < -0.39 is 0 Å². The van der Waals surface area contributed by atoms with Crippen molar-refractivity contribution in [2.45, 2.75) is 6.54 Å². The van der Waals surface area contributed by atoms with Gasteiger partial charge in [-0.3, -0.25) is 0 Å².